The van der Waals surface area contributed by atoms with Crippen LogP contribution in [0.25, 0.3) is 0 Å². The second-order valence-electron chi connectivity index (χ2n) is 3.54. The lowest BCUT2D eigenvalue weighted by molar-refractivity contribution is 0.557. The summed E-state index contributed by atoms with van der Waals surface area (Å²) in [6, 6.07) is 1.42. The molecule has 0 unspecified atom stereocenters. The van der Waals surface area contributed by atoms with E-state index in [1.54, 1.807) is 7.05 Å². The normalized spacial score (nSPS) is 11.4. The largest absolute Gasteiger partial charge is 0.387 e. The maximum atomic E-state index is 11.5. The van der Waals surface area contributed by atoms with Crippen LogP contribution in [-0.4, -0.2) is 37.3 Å². The molecule has 0 saturated carbocycles. The Morgan fingerprint density at radius 2 is 2.19 bits per heavy atom. The summed E-state index contributed by atoms with van der Waals surface area (Å²) in [5.74, 6) is 0.0644. The van der Waals surface area contributed by atoms with Crippen molar-refractivity contribution in [2.45, 2.75) is 13.0 Å². The molecule has 16 heavy (non-hydrogen) atoms. The molecule has 1 N–H and O–H groups in total. The molecule has 0 saturated heterocycles. The summed E-state index contributed by atoms with van der Waals surface area (Å²) in [7, 11) is -1.28. The fraction of sp³-hybridized carbons (Fsp3) is 0.556. The highest BCUT2D eigenvalue weighted by atomic mass is 32.2. The van der Waals surface area contributed by atoms with Crippen molar-refractivity contribution in [2.24, 2.45) is 0 Å². The van der Waals surface area contributed by atoms with Crippen LogP contribution in [0, 0.1) is 0 Å². The molecular formula is C9H15N3O3S. The van der Waals surface area contributed by atoms with Crippen LogP contribution in [-0.2, 0) is 16.4 Å². The van der Waals surface area contributed by atoms with Gasteiger partial charge >= 0.3 is 0 Å². The molecule has 0 spiro atoms. The molecule has 0 aliphatic rings. The Bertz CT molecular complexity index is 507. The fourth-order valence-electron chi connectivity index (χ4n) is 1.21. The number of hydrogen-bond acceptors (Lipinski definition) is 5. The SMILES string of the molecule is CNc1cnn(CCCS(C)(=O)=O)c(=O)c1. The third-order valence-electron chi connectivity index (χ3n) is 2.04. The van der Waals surface area contributed by atoms with Crippen LogP contribution in [0.5, 0.6) is 0 Å². The van der Waals surface area contributed by atoms with Gasteiger partial charge in [0.25, 0.3) is 5.56 Å². The number of anilines is 1. The Kier molecular flexibility index (Phi) is 4.05. The summed E-state index contributed by atoms with van der Waals surface area (Å²) >= 11 is 0. The summed E-state index contributed by atoms with van der Waals surface area (Å²) in [6.45, 7) is 0.315. The third kappa shape index (κ3) is 4.01. The fourth-order valence-corrected chi connectivity index (χ4v) is 1.87. The number of nitrogens with zero attached hydrogens (tertiary/aromatic N) is 2. The first-order valence-corrected chi connectivity index (χ1v) is 6.91. The summed E-state index contributed by atoms with van der Waals surface area (Å²) in [5.41, 5.74) is 0.407. The molecule has 6 nitrogen and oxygen atoms in total. The van der Waals surface area contributed by atoms with Crippen LogP contribution in [0.2, 0.25) is 0 Å². The Balaban J connectivity index is 2.65. The monoisotopic (exact) mass is 245 g/mol. The van der Waals surface area contributed by atoms with Gasteiger partial charge in [0.05, 0.1) is 17.6 Å². The van der Waals surface area contributed by atoms with Gasteiger partial charge < -0.3 is 5.32 Å². The first-order chi connectivity index (χ1) is 7.42. The zero-order valence-corrected chi connectivity index (χ0v) is 10.1. The van der Waals surface area contributed by atoms with Crippen molar-refractivity contribution in [1.82, 2.24) is 9.78 Å². The maximum absolute atomic E-state index is 11.5. The second kappa shape index (κ2) is 5.11. The van der Waals surface area contributed by atoms with E-state index in [2.05, 4.69) is 10.4 Å². The van der Waals surface area contributed by atoms with Gasteiger partial charge in [-0.25, -0.2) is 13.1 Å². The Hall–Kier alpha value is -1.37. The van der Waals surface area contributed by atoms with E-state index in [9.17, 15) is 13.2 Å². The Morgan fingerprint density at radius 1 is 1.50 bits per heavy atom. The number of nitrogens with one attached hydrogen (secondary N) is 1. The topological polar surface area (TPSA) is 81.1 Å². The molecule has 0 aliphatic heterocycles. The average Bonchev–Trinajstić information content (AvgIpc) is 2.18. The summed E-state index contributed by atoms with van der Waals surface area (Å²) in [6.07, 6.45) is 3.10. The van der Waals surface area contributed by atoms with Gasteiger partial charge in [0.2, 0.25) is 0 Å². The van der Waals surface area contributed by atoms with Crippen LogP contribution in [0.15, 0.2) is 17.1 Å². The van der Waals surface area contributed by atoms with E-state index in [4.69, 9.17) is 0 Å². The van der Waals surface area contributed by atoms with Gasteiger partial charge in [-0.1, -0.05) is 0 Å². The van der Waals surface area contributed by atoms with Crippen molar-refractivity contribution in [3.8, 4) is 0 Å². The van der Waals surface area contributed by atoms with Crippen LogP contribution in [0.3, 0.4) is 0 Å². The molecule has 0 bridgehead atoms. The summed E-state index contributed by atoms with van der Waals surface area (Å²) in [5, 5.41) is 6.72. The molecule has 0 aromatic carbocycles. The van der Waals surface area contributed by atoms with Gasteiger partial charge in [0.1, 0.15) is 9.84 Å². The van der Waals surface area contributed by atoms with Gasteiger partial charge in [-0.05, 0) is 6.42 Å². The van der Waals surface area contributed by atoms with Gasteiger partial charge in [0, 0.05) is 25.9 Å². The summed E-state index contributed by atoms with van der Waals surface area (Å²) < 4.78 is 23.0. The first-order valence-electron chi connectivity index (χ1n) is 4.85. The number of rotatable bonds is 5. The second-order valence-corrected chi connectivity index (χ2v) is 5.80. The highest BCUT2D eigenvalue weighted by molar-refractivity contribution is 7.90. The van der Waals surface area contributed by atoms with Crippen molar-refractivity contribution in [3.63, 3.8) is 0 Å². The van der Waals surface area contributed by atoms with E-state index >= 15 is 0 Å². The standard InChI is InChI=1S/C9H15N3O3S/c1-10-8-6-9(13)12(11-7-8)4-3-5-16(2,14)15/h6-7,10H,3-5H2,1-2H3. The molecule has 1 heterocycles. The molecule has 0 atom stereocenters. The third-order valence-corrected chi connectivity index (χ3v) is 3.07. The number of hydrogen-bond donors (Lipinski definition) is 1. The predicted molar refractivity (Wildman–Crippen MR) is 62.4 cm³/mol. The van der Waals surface area contributed by atoms with Crippen LogP contribution in [0.1, 0.15) is 6.42 Å². The van der Waals surface area contributed by atoms with E-state index in [0.29, 0.717) is 18.7 Å². The number of sulfone groups is 1. The average molecular weight is 245 g/mol. The molecule has 7 heteroatoms. The molecular weight excluding hydrogens is 230 g/mol. The molecule has 0 amide bonds. The summed E-state index contributed by atoms with van der Waals surface area (Å²) in [4.78, 5) is 11.5. The van der Waals surface area contributed by atoms with Crippen molar-refractivity contribution in [3.05, 3.63) is 22.6 Å². The highest BCUT2D eigenvalue weighted by Crippen LogP contribution is 1.97. The number of aryl methyl sites for hydroxylation is 1. The lowest BCUT2D eigenvalue weighted by atomic mass is 10.4. The van der Waals surface area contributed by atoms with Crippen molar-refractivity contribution >= 4 is 15.5 Å². The molecule has 1 rings (SSSR count). The predicted octanol–water partition coefficient (Wildman–Crippen LogP) is -0.280. The van der Waals surface area contributed by atoms with Crippen LogP contribution < -0.4 is 10.9 Å². The molecule has 1 aromatic rings. The van der Waals surface area contributed by atoms with E-state index in [0.717, 1.165) is 0 Å². The lowest BCUT2D eigenvalue weighted by Crippen LogP contribution is -2.23. The minimum atomic E-state index is -2.98. The van der Waals surface area contributed by atoms with Gasteiger partial charge in [-0.3, -0.25) is 4.79 Å². The first kappa shape index (κ1) is 12.7. The molecule has 0 fully saturated rings. The highest BCUT2D eigenvalue weighted by Gasteiger charge is 2.03. The van der Waals surface area contributed by atoms with E-state index < -0.39 is 9.84 Å². The van der Waals surface area contributed by atoms with Gasteiger partial charge in [-0.15, -0.1) is 0 Å². The Morgan fingerprint density at radius 3 is 2.69 bits per heavy atom. The molecule has 0 radical (unpaired) electrons. The number of aromatic nitrogens is 2. The smallest absolute Gasteiger partial charge is 0.268 e. The zero-order valence-electron chi connectivity index (χ0n) is 9.30. The van der Waals surface area contributed by atoms with Gasteiger partial charge in [0.15, 0.2) is 0 Å². The Labute approximate surface area is 94.2 Å². The van der Waals surface area contributed by atoms with E-state index in [1.807, 2.05) is 0 Å². The minimum Gasteiger partial charge on any atom is -0.387 e. The molecule has 1 aromatic heterocycles. The lowest BCUT2D eigenvalue weighted by Gasteiger charge is -2.04. The van der Waals surface area contributed by atoms with Crippen molar-refractivity contribution in [2.75, 3.05) is 24.4 Å². The van der Waals surface area contributed by atoms with Crippen LogP contribution in [0.4, 0.5) is 5.69 Å². The minimum absolute atomic E-state index is 0.0644. The van der Waals surface area contributed by atoms with Gasteiger partial charge in [-0.2, -0.15) is 5.10 Å². The van der Waals surface area contributed by atoms with E-state index in [-0.39, 0.29) is 11.3 Å². The van der Waals surface area contributed by atoms with E-state index in [1.165, 1.54) is 23.2 Å². The quantitative estimate of drug-likeness (QED) is 0.771. The molecule has 90 valence electrons. The maximum Gasteiger partial charge on any atom is 0.268 e. The zero-order chi connectivity index (χ0) is 12.2. The van der Waals surface area contributed by atoms with Crippen LogP contribution >= 0.6 is 0 Å². The molecule has 0 aliphatic carbocycles. The van der Waals surface area contributed by atoms with Crippen molar-refractivity contribution in [1.29, 1.82) is 0 Å². The van der Waals surface area contributed by atoms with Crippen molar-refractivity contribution < 1.29 is 8.42 Å².